The zero-order valence-electron chi connectivity index (χ0n) is 12.1. The van der Waals surface area contributed by atoms with Crippen LogP contribution in [-0.2, 0) is 0 Å². The maximum absolute atomic E-state index is 5.75. The van der Waals surface area contributed by atoms with E-state index in [1.807, 2.05) is 31.2 Å². The fraction of sp³-hybridized carbons (Fsp3) is 0.125. The highest BCUT2D eigenvalue weighted by Gasteiger charge is 2.07. The van der Waals surface area contributed by atoms with Gasteiger partial charge in [0.15, 0.2) is 5.11 Å². The lowest BCUT2D eigenvalue weighted by Gasteiger charge is -2.03. The van der Waals surface area contributed by atoms with Gasteiger partial charge in [0.25, 0.3) is 0 Å². The second-order valence-corrected chi connectivity index (χ2v) is 5.82. The van der Waals surface area contributed by atoms with E-state index in [0.29, 0.717) is 17.4 Å². The van der Waals surface area contributed by atoms with Crippen molar-refractivity contribution in [2.45, 2.75) is 6.92 Å². The molecule has 0 fully saturated rings. The number of halogens is 1. The van der Waals surface area contributed by atoms with Gasteiger partial charge in [-0.2, -0.15) is 5.10 Å². The van der Waals surface area contributed by atoms with Gasteiger partial charge >= 0.3 is 0 Å². The Morgan fingerprint density at radius 2 is 2.23 bits per heavy atom. The monoisotopic (exact) mass is 377 g/mol. The molecular weight excluding hydrogens is 362 g/mol. The Morgan fingerprint density at radius 3 is 2.95 bits per heavy atom. The van der Waals surface area contributed by atoms with Gasteiger partial charge in [0.05, 0.1) is 6.21 Å². The maximum atomic E-state index is 5.75. The van der Waals surface area contributed by atoms with E-state index in [1.54, 1.807) is 12.3 Å². The standard InChI is InChI=1S/C16H16BrN3OS/c1-3-8-18-16(22)20-19-10-12-5-7-15(21-12)13-6-4-11(2)9-14(13)17/h3-7,9-10H,1,8H2,2H3,(H2,18,20,22)/b19-10+. The van der Waals surface area contributed by atoms with Crippen LogP contribution in [0.4, 0.5) is 0 Å². The van der Waals surface area contributed by atoms with E-state index in [4.69, 9.17) is 16.6 Å². The zero-order valence-corrected chi connectivity index (χ0v) is 14.5. The molecule has 0 saturated carbocycles. The molecule has 0 atom stereocenters. The van der Waals surface area contributed by atoms with Crippen molar-refractivity contribution in [1.29, 1.82) is 0 Å². The van der Waals surface area contributed by atoms with Crippen molar-refractivity contribution in [2.24, 2.45) is 5.10 Å². The fourth-order valence-corrected chi connectivity index (χ4v) is 2.57. The summed E-state index contributed by atoms with van der Waals surface area (Å²) in [7, 11) is 0. The molecule has 22 heavy (non-hydrogen) atoms. The number of thiocarbonyl (C=S) groups is 1. The van der Waals surface area contributed by atoms with Gasteiger partial charge in [-0.3, -0.25) is 5.43 Å². The Balaban J connectivity index is 2.02. The number of nitrogens with zero attached hydrogens (tertiary/aromatic N) is 1. The first-order chi connectivity index (χ1) is 10.6. The third-order valence-corrected chi connectivity index (χ3v) is 3.67. The summed E-state index contributed by atoms with van der Waals surface area (Å²) in [6.45, 7) is 6.23. The van der Waals surface area contributed by atoms with Gasteiger partial charge in [0.2, 0.25) is 0 Å². The molecule has 2 rings (SSSR count). The maximum Gasteiger partial charge on any atom is 0.187 e. The molecule has 2 N–H and O–H groups in total. The number of hydrogen-bond acceptors (Lipinski definition) is 3. The number of hydrogen-bond donors (Lipinski definition) is 2. The van der Waals surface area contributed by atoms with Crippen molar-refractivity contribution in [2.75, 3.05) is 6.54 Å². The Hall–Kier alpha value is -1.92. The summed E-state index contributed by atoms with van der Waals surface area (Å²) in [6, 6.07) is 9.88. The summed E-state index contributed by atoms with van der Waals surface area (Å²) in [4.78, 5) is 0. The molecule has 0 amide bonds. The summed E-state index contributed by atoms with van der Waals surface area (Å²) in [5.74, 6) is 1.42. The fourth-order valence-electron chi connectivity index (χ4n) is 1.75. The van der Waals surface area contributed by atoms with Crippen LogP contribution in [0.3, 0.4) is 0 Å². The van der Waals surface area contributed by atoms with E-state index < -0.39 is 0 Å². The smallest absolute Gasteiger partial charge is 0.187 e. The molecule has 114 valence electrons. The van der Waals surface area contributed by atoms with E-state index in [-0.39, 0.29) is 0 Å². The second kappa shape index (κ2) is 7.91. The summed E-state index contributed by atoms with van der Waals surface area (Å²) < 4.78 is 6.75. The van der Waals surface area contributed by atoms with Crippen molar-refractivity contribution < 1.29 is 4.42 Å². The quantitative estimate of drug-likeness (QED) is 0.357. The lowest BCUT2D eigenvalue weighted by molar-refractivity contribution is 0.574. The number of hydrazone groups is 1. The van der Waals surface area contributed by atoms with E-state index in [0.717, 1.165) is 15.8 Å². The van der Waals surface area contributed by atoms with E-state index >= 15 is 0 Å². The third-order valence-electron chi connectivity index (χ3n) is 2.78. The minimum atomic E-state index is 0.434. The molecule has 4 nitrogen and oxygen atoms in total. The van der Waals surface area contributed by atoms with Crippen LogP contribution in [-0.4, -0.2) is 17.9 Å². The van der Waals surface area contributed by atoms with E-state index in [9.17, 15) is 0 Å². The predicted octanol–water partition coefficient (Wildman–Crippen LogP) is 4.00. The van der Waals surface area contributed by atoms with Crippen LogP contribution in [0, 0.1) is 6.92 Å². The number of furan rings is 1. The molecule has 2 aromatic rings. The van der Waals surface area contributed by atoms with Crippen molar-refractivity contribution in [3.8, 4) is 11.3 Å². The van der Waals surface area contributed by atoms with Crippen molar-refractivity contribution in [3.63, 3.8) is 0 Å². The van der Waals surface area contributed by atoms with Crippen LogP contribution >= 0.6 is 28.1 Å². The molecule has 0 bridgehead atoms. The normalized spacial score (nSPS) is 10.6. The van der Waals surface area contributed by atoms with Crippen LogP contribution in [0.2, 0.25) is 0 Å². The molecule has 0 aliphatic carbocycles. The highest BCUT2D eigenvalue weighted by molar-refractivity contribution is 9.10. The summed E-state index contributed by atoms with van der Waals surface area (Å²) in [5, 5.41) is 7.37. The summed E-state index contributed by atoms with van der Waals surface area (Å²) in [5.41, 5.74) is 4.90. The molecule has 0 unspecified atom stereocenters. The van der Waals surface area contributed by atoms with Crippen molar-refractivity contribution >= 4 is 39.5 Å². The van der Waals surface area contributed by atoms with Gasteiger partial charge in [0, 0.05) is 16.6 Å². The van der Waals surface area contributed by atoms with Gasteiger partial charge in [-0.1, -0.05) is 28.1 Å². The van der Waals surface area contributed by atoms with Crippen LogP contribution in [0.15, 0.2) is 57.0 Å². The first kappa shape index (κ1) is 16.5. The Labute approximate surface area is 143 Å². The van der Waals surface area contributed by atoms with Gasteiger partial charge in [-0.15, -0.1) is 6.58 Å². The first-order valence-electron chi connectivity index (χ1n) is 6.64. The summed E-state index contributed by atoms with van der Waals surface area (Å²) in [6.07, 6.45) is 3.30. The van der Waals surface area contributed by atoms with E-state index in [2.05, 4.69) is 44.4 Å². The molecule has 0 radical (unpaired) electrons. The third kappa shape index (κ3) is 4.54. The Bertz CT molecular complexity index is 709. The van der Waals surface area contributed by atoms with Gasteiger partial charge < -0.3 is 9.73 Å². The minimum Gasteiger partial charge on any atom is -0.455 e. The van der Waals surface area contributed by atoms with E-state index in [1.165, 1.54) is 5.56 Å². The average Bonchev–Trinajstić information content (AvgIpc) is 2.93. The molecule has 0 saturated heterocycles. The minimum absolute atomic E-state index is 0.434. The number of nitrogens with one attached hydrogen (secondary N) is 2. The Kier molecular flexibility index (Phi) is 5.91. The molecule has 0 aliphatic rings. The largest absolute Gasteiger partial charge is 0.455 e. The predicted molar refractivity (Wildman–Crippen MR) is 98.1 cm³/mol. The molecular formula is C16H16BrN3OS. The summed E-state index contributed by atoms with van der Waals surface area (Å²) >= 11 is 8.57. The molecule has 1 aromatic heterocycles. The SMILES string of the molecule is C=CCNC(=S)N/N=C/c1ccc(-c2ccc(C)cc2Br)o1. The van der Waals surface area contributed by atoms with Gasteiger partial charge in [0.1, 0.15) is 11.5 Å². The highest BCUT2D eigenvalue weighted by Crippen LogP contribution is 2.30. The highest BCUT2D eigenvalue weighted by atomic mass is 79.9. The van der Waals surface area contributed by atoms with Crippen LogP contribution in [0.5, 0.6) is 0 Å². The number of rotatable bonds is 5. The van der Waals surface area contributed by atoms with Crippen LogP contribution in [0.25, 0.3) is 11.3 Å². The van der Waals surface area contributed by atoms with Gasteiger partial charge in [-0.25, -0.2) is 0 Å². The topological polar surface area (TPSA) is 49.6 Å². The second-order valence-electron chi connectivity index (χ2n) is 4.55. The van der Waals surface area contributed by atoms with Crippen molar-refractivity contribution in [3.05, 3.63) is 58.8 Å². The molecule has 6 heteroatoms. The molecule has 0 aliphatic heterocycles. The Morgan fingerprint density at radius 1 is 1.41 bits per heavy atom. The molecule has 1 aromatic carbocycles. The molecule has 1 heterocycles. The zero-order chi connectivity index (χ0) is 15.9. The number of benzene rings is 1. The lowest BCUT2D eigenvalue weighted by atomic mass is 10.1. The molecule has 0 spiro atoms. The average molecular weight is 378 g/mol. The van der Waals surface area contributed by atoms with Crippen molar-refractivity contribution in [1.82, 2.24) is 10.7 Å². The lowest BCUT2D eigenvalue weighted by Crippen LogP contribution is -2.31. The number of aryl methyl sites for hydroxylation is 1. The van der Waals surface area contributed by atoms with Crippen LogP contribution in [0.1, 0.15) is 11.3 Å². The van der Waals surface area contributed by atoms with Gasteiger partial charge in [-0.05, 0) is 49.0 Å². The van der Waals surface area contributed by atoms with Crippen LogP contribution < -0.4 is 10.7 Å². The first-order valence-corrected chi connectivity index (χ1v) is 7.84.